The molecule has 0 aromatic carbocycles. The van der Waals surface area contributed by atoms with Crippen LogP contribution in [-0.4, -0.2) is 4.57 Å². The minimum atomic E-state index is 0.780. The van der Waals surface area contributed by atoms with Crippen LogP contribution in [0.3, 0.4) is 0 Å². The maximum absolute atomic E-state index is 2.28. The summed E-state index contributed by atoms with van der Waals surface area (Å²) in [7, 11) is 2.05. The number of hydrogen-bond acceptors (Lipinski definition) is 0. The van der Waals surface area contributed by atoms with Crippen molar-refractivity contribution in [3.63, 3.8) is 0 Å². The van der Waals surface area contributed by atoms with Gasteiger partial charge >= 0.3 is 0 Å². The highest BCUT2D eigenvalue weighted by molar-refractivity contribution is 4.67. The van der Waals surface area contributed by atoms with Crippen molar-refractivity contribution in [1.29, 1.82) is 0 Å². The predicted molar refractivity (Wildman–Crippen MR) is 45.1 cm³/mol. The Morgan fingerprint density at radius 2 is 2.27 bits per heavy atom. The zero-order chi connectivity index (χ0) is 8.27. The normalized spacial score (nSPS) is 13.4. The van der Waals surface area contributed by atoms with Crippen molar-refractivity contribution in [2.24, 2.45) is 13.0 Å². The van der Waals surface area contributed by atoms with Gasteiger partial charge in [0.05, 0.1) is 13.6 Å². The van der Waals surface area contributed by atoms with Crippen LogP contribution < -0.4 is 4.57 Å². The van der Waals surface area contributed by atoms with Gasteiger partial charge in [-0.1, -0.05) is 13.8 Å². The molecule has 0 N–H and O–H groups in total. The van der Waals surface area contributed by atoms with Gasteiger partial charge < -0.3 is 0 Å². The third-order valence-corrected chi connectivity index (χ3v) is 2.04. The van der Waals surface area contributed by atoms with Gasteiger partial charge in [0.25, 0.3) is 0 Å². The fourth-order valence-corrected chi connectivity index (χ4v) is 1.10. The SMILES string of the molecule is CC[C@H](C)Cn1cc[n+](C)c1. The molecule has 1 aromatic heterocycles. The van der Waals surface area contributed by atoms with E-state index in [1.54, 1.807) is 0 Å². The number of nitrogens with zero attached hydrogens (tertiary/aromatic N) is 2. The Hall–Kier alpha value is -0.790. The van der Waals surface area contributed by atoms with E-state index in [0.29, 0.717) is 0 Å². The Balaban J connectivity index is 2.50. The van der Waals surface area contributed by atoms with E-state index in [4.69, 9.17) is 0 Å². The van der Waals surface area contributed by atoms with E-state index in [0.717, 1.165) is 12.5 Å². The molecule has 0 fully saturated rings. The molecule has 0 bridgehead atoms. The zero-order valence-electron chi connectivity index (χ0n) is 7.62. The summed E-state index contributed by atoms with van der Waals surface area (Å²) in [6, 6.07) is 0. The smallest absolute Gasteiger partial charge is 0.240 e. The lowest BCUT2D eigenvalue weighted by molar-refractivity contribution is -0.671. The Labute approximate surface area is 68.5 Å². The summed E-state index contributed by atoms with van der Waals surface area (Å²) in [4.78, 5) is 0. The second-order valence-electron chi connectivity index (χ2n) is 3.29. The van der Waals surface area contributed by atoms with E-state index < -0.39 is 0 Å². The largest absolute Gasteiger partial charge is 0.243 e. The maximum Gasteiger partial charge on any atom is 0.243 e. The lowest BCUT2D eigenvalue weighted by atomic mass is 10.1. The molecule has 0 aliphatic heterocycles. The molecule has 0 saturated carbocycles. The molecule has 62 valence electrons. The number of hydrogen-bond donors (Lipinski definition) is 0. The number of aromatic nitrogens is 2. The third-order valence-electron chi connectivity index (χ3n) is 2.04. The molecule has 1 heterocycles. The first kappa shape index (κ1) is 8.31. The van der Waals surface area contributed by atoms with E-state index in [-0.39, 0.29) is 0 Å². The van der Waals surface area contributed by atoms with E-state index in [2.05, 4.69) is 41.7 Å². The lowest BCUT2D eigenvalue weighted by Gasteiger charge is -2.02. The van der Waals surface area contributed by atoms with Gasteiger partial charge in [0.2, 0.25) is 6.33 Å². The minimum Gasteiger partial charge on any atom is -0.240 e. The second-order valence-corrected chi connectivity index (χ2v) is 3.29. The fraction of sp³-hybridized carbons (Fsp3) is 0.667. The van der Waals surface area contributed by atoms with E-state index in [9.17, 15) is 0 Å². The second kappa shape index (κ2) is 3.56. The number of rotatable bonds is 3. The molecule has 1 aromatic rings. The molecule has 2 nitrogen and oxygen atoms in total. The van der Waals surface area contributed by atoms with Crippen LogP contribution in [0.5, 0.6) is 0 Å². The topological polar surface area (TPSA) is 8.81 Å². The summed E-state index contributed by atoms with van der Waals surface area (Å²) in [5.41, 5.74) is 0. The van der Waals surface area contributed by atoms with Gasteiger partial charge in [0.15, 0.2) is 0 Å². The summed E-state index contributed by atoms with van der Waals surface area (Å²) in [5.74, 6) is 0.780. The highest BCUT2D eigenvalue weighted by Crippen LogP contribution is 2.03. The Bertz CT molecular complexity index is 215. The monoisotopic (exact) mass is 153 g/mol. The highest BCUT2D eigenvalue weighted by Gasteiger charge is 2.04. The molecule has 0 unspecified atom stereocenters. The van der Waals surface area contributed by atoms with Gasteiger partial charge in [0.1, 0.15) is 12.4 Å². The summed E-state index contributed by atoms with van der Waals surface area (Å²) in [6.45, 7) is 5.64. The average molecular weight is 153 g/mol. The van der Waals surface area contributed by atoms with Crippen LogP contribution in [0.1, 0.15) is 20.3 Å². The van der Waals surface area contributed by atoms with Crippen LogP contribution in [0.2, 0.25) is 0 Å². The van der Waals surface area contributed by atoms with E-state index >= 15 is 0 Å². The van der Waals surface area contributed by atoms with Crippen molar-refractivity contribution in [3.05, 3.63) is 18.7 Å². The Kier molecular flexibility index (Phi) is 2.69. The van der Waals surface area contributed by atoms with Crippen molar-refractivity contribution in [2.45, 2.75) is 26.8 Å². The molecule has 2 heteroatoms. The van der Waals surface area contributed by atoms with Gasteiger partial charge in [-0.2, -0.15) is 0 Å². The molecule has 0 radical (unpaired) electrons. The number of imidazole rings is 1. The van der Waals surface area contributed by atoms with Crippen LogP contribution in [0.25, 0.3) is 0 Å². The predicted octanol–water partition coefficient (Wildman–Crippen LogP) is 1.36. The quantitative estimate of drug-likeness (QED) is 0.580. The van der Waals surface area contributed by atoms with E-state index in [1.807, 2.05) is 7.05 Å². The summed E-state index contributed by atoms with van der Waals surface area (Å²) in [5, 5.41) is 0. The molecule has 11 heavy (non-hydrogen) atoms. The number of aryl methyl sites for hydroxylation is 1. The van der Waals surface area contributed by atoms with Crippen molar-refractivity contribution < 1.29 is 4.57 Å². The van der Waals surface area contributed by atoms with Crippen molar-refractivity contribution in [1.82, 2.24) is 4.57 Å². The van der Waals surface area contributed by atoms with Gasteiger partial charge in [-0.05, 0) is 12.3 Å². The molecule has 0 aliphatic rings. The fourth-order valence-electron chi connectivity index (χ4n) is 1.10. The maximum atomic E-state index is 2.28. The van der Waals surface area contributed by atoms with Gasteiger partial charge in [-0.25, -0.2) is 9.13 Å². The zero-order valence-corrected chi connectivity index (χ0v) is 7.62. The minimum absolute atomic E-state index is 0.780. The Morgan fingerprint density at radius 1 is 1.55 bits per heavy atom. The molecular formula is C9H17N2+. The molecule has 0 saturated heterocycles. The molecule has 0 amide bonds. The molecule has 0 spiro atoms. The van der Waals surface area contributed by atoms with Crippen LogP contribution in [0.15, 0.2) is 18.7 Å². The molecular weight excluding hydrogens is 136 g/mol. The first-order chi connectivity index (χ1) is 5.22. The van der Waals surface area contributed by atoms with Gasteiger partial charge in [-0.15, -0.1) is 0 Å². The third kappa shape index (κ3) is 2.37. The first-order valence-electron chi connectivity index (χ1n) is 4.23. The molecule has 1 atom stereocenters. The van der Waals surface area contributed by atoms with Crippen LogP contribution in [-0.2, 0) is 13.6 Å². The van der Waals surface area contributed by atoms with Crippen LogP contribution >= 0.6 is 0 Å². The highest BCUT2D eigenvalue weighted by atomic mass is 15.1. The first-order valence-corrected chi connectivity index (χ1v) is 4.23. The lowest BCUT2D eigenvalue weighted by Crippen LogP contribution is -2.24. The van der Waals surface area contributed by atoms with Crippen LogP contribution in [0.4, 0.5) is 0 Å². The van der Waals surface area contributed by atoms with Crippen molar-refractivity contribution >= 4 is 0 Å². The standard InChI is InChI=1S/C9H17N2/c1-4-9(2)7-11-6-5-10(3)8-11/h5-6,8-9H,4,7H2,1-3H3/q+1/t9-/m0/s1. The Morgan fingerprint density at radius 3 is 2.73 bits per heavy atom. The van der Waals surface area contributed by atoms with Crippen LogP contribution in [0, 0.1) is 5.92 Å². The van der Waals surface area contributed by atoms with Crippen molar-refractivity contribution in [2.75, 3.05) is 0 Å². The summed E-state index contributed by atoms with van der Waals surface area (Å²) in [6.07, 6.45) is 7.56. The van der Waals surface area contributed by atoms with Crippen molar-refractivity contribution in [3.8, 4) is 0 Å². The average Bonchev–Trinajstić information content (AvgIpc) is 2.35. The van der Waals surface area contributed by atoms with Gasteiger partial charge in [0, 0.05) is 0 Å². The molecule has 1 rings (SSSR count). The van der Waals surface area contributed by atoms with E-state index in [1.165, 1.54) is 6.42 Å². The summed E-state index contributed by atoms with van der Waals surface area (Å²) >= 11 is 0. The van der Waals surface area contributed by atoms with Gasteiger partial charge in [-0.3, -0.25) is 0 Å². The summed E-state index contributed by atoms with van der Waals surface area (Å²) < 4.78 is 4.30. The molecule has 0 aliphatic carbocycles.